The molecule has 33 heavy (non-hydrogen) atoms. The number of carbonyl (C=O) groups is 1. The minimum atomic E-state index is -3.89. The van der Waals surface area contributed by atoms with Gasteiger partial charge in [-0.2, -0.15) is 17.4 Å². The van der Waals surface area contributed by atoms with Crippen LogP contribution < -0.4 is 10.0 Å². The number of anilines is 1. The van der Waals surface area contributed by atoms with Crippen LogP contribution in [-0.2, 0) is 15.0 Å². The molecule has 0 spiro atoms. The van der Waals surface area contributed by atoms with Crippen molar-refractivity contribution in [2.24, 2.45) is 0 Å². The predicted molar refractivity (Wildman–Crippen MR) is 128 cm³/mol. The molecule has 10 heteroatoms. The van der Waals surface area contributed by atoms with Crippen molar-refractivity contribution in [3.05, 3.63) is 70.5 Å². The van der Waals surface area contributed by atoms with Crippen LogP contribution in [0.2, 0.25) is 5.02 Å². The van der Waals surface area contributed by atoms with E-state index in [-0.39, 0.29) is 11.4 Å². The number of hydrogen-bond acceptors (Lipinski definition) is 4. The second-order valence-corrected chi connectivity index (χ2v) is 10.6. The molecule has 0 saturated carbocycles. The van der Waals surface area contributed by atoms with E-state index in [0.29, 0.717) is 5.69 Å². The van der Waals surface area contributed by atoms with E-state index in [4.69, 9.17) is 11.6 Å². The van der Waals surface area contributed by atoms with Crippen LogP contribution in [-0.4, -0.2) is 56.8 Å². The molecular formula is C23H26ClFN4O3S. The highest BCUT2D eigenvalue weighted by molar-refractivity contribution is 7.87. The lowest BCUT2D eigenvalue weighted by molar-refractivity contribution is -0.120. The van der Waals surface area contributed by atoms with Crippen molar-refractivity contribution < 1.29 is 17.6 Å². The van der Waals surface area contributed by atoms with Crippen molar-refractivity contribution in [1.29, 1.82) is 0 Å². The van der Waals surface area contributed by atoms with Crippen LogP contribution in [0.1, 0.15) is 30.0 Å². The normalized spacial score (nSPS) is 23.7. The van der Waals surface area contributed by atoms with Gasteiger partial charge in [0.05, 0.1) is 5.02 Å². The number of nitrogens with one attached hydrogen (secondary N) is 2. The second kappa shape index (κ2) is 9.52. The molecule has 2 atom stereocenters. The average Bonchev–Trinajstić information content (AvgIpc) is 2.78. The molecule has 2 aromatic rings. The topological polar surface area (TPSA) is 81.8 Å². The Hall–Kier alpha value is -2.30. The van der Waals surface area contributed by atoms with Crippen LogP contribution in [0.25, 0.3) is 5.57 Å². The van der Waals surface area contributed by atoms with Crippen LogP contribution in [0.5, 0.6) is 0 Å². The number of likely N-dealkylation sites (N-methyl/N-ethyl adjacent to an activating group) is 2. The van der Waals surface area contributed by atoms with E-state index in [0.717, 1.165) is 41.0 Å². The van der Waals surface area contributed by atoms with E-state index < -0.39 is 34.0 Å². The average molecular weight is 493 g/mol. The summed E-state index contributed by atoms with van der Waals surface area (Å²) in [6.07, 6.45) is 3.34. The summed E-state index contributed by atoms with van der Waals surface area (Å²) >= 11 is 5.80. The molecule has 1 fully saturated rings. The third-order valence-electron chi connectivity index (χ3n) is 6.13. The van der Waals surface area contributed by atoms with Gasteiger partial charge in [0.1, 0.15) is 11.9 Å². The molecule has 1 amide bonds. The summed E-state index contributed by atoms with van der Waals surface area (Å²) < 4.78 is 42.7. The Morgan fingerprint density at radius 1 is 1.21 bits per heavy atom. The monoisotopic (exact) mass is 492 g/mol. The number of amides is 1. The minimum Gasteiger partial charge on any atom is -0.325 e. The molecule has 0 aliphatic carbocycles. The minimum absolute atomic E-state index is 0.128. The maximum atomic E-state index is 13.4. The summed E-state index contributed by atoms with van der Waals surface area (Å²) in [7, 11) is -0.457. The Kier molecular flexibility index (Phi) is 6.88. The highest BCUT2D eigenvalue weighted by Crippen LogP contribution is 2.31. The van der Waals surface area contributed by atoms with Gasteiger partial charge in [0.2, 0.25) is 5.91 Å². The van der Waals surface area contributed by atoms with Gasteiger partial charge in [-0.15, -0.1) is 0 Å². The lowest BCUT2D eigenvalue weighted by Gasteiger charge is -2.36. The first-order chi connectivity index (χ1) is 15.6. The largest absolute Gasteiger partial charge is 0.325 e. The van der Waals surface area contributed by atoms with Crippen molar-refractivity contribution in [1.82, 2.24) is 13.9 Å². The number of rotatable bonds is 4. The van der Waals surface area contributed by atoms with Gasteiger partial charge in [0.15, 0.2) is 0 Å². The molecule has 2 aliphatic rings. The van der Waals surface area contributed by atoms with Crippen molar-refractivity contribution in [2.75, 3.05) is 32.5 Å². The van der Waals surface area contributed by atoms with Crippen molar-refractivity contribution in [3.63, 3.8) is 0 Å². The first kappa shape index (κ1) is 23.8. The molecular weight excluding hydrogens is 467 g/mol. The molecule has 2 N–H and O–H groups in total. The molecule has 1 saturated heterocycles. The molecule has 4 rings (SSSR count). The molecule has 2 heterocycles. The smallest absolute Gasteiger partial charge is 0.280 e. The number of benzene rings is 2. The molecule has 176 valence electrons. The SMILES string of the molecule is CN1CC=C(c2cccc(C3CC(C(=O)Nc4ccc(F)c(Cl)c4)N(C)S(=O)(=O)N3)c2)CC1. The third-order valence-corrected chi connectivity index (χ3v) is 8.01. The van der Waals surface area contributed by atoms with Gasteiger partial charge in [-0.1, -0.05) is 35.9 Å². The maximum Gasteiger partial charge on any atom is 0.280 e. The van der Waals surface area contributed by atoms with Crippen LogP contribution >= 0.6 is 11.6 Å². The van der Waals surface area contributed by atoms with Crippen LogP contribution in [0.15, 0.2) is 48.5 Å². The Morgan fingerprint density at radius 3 is 2.70 bits per heavy atom. The Labute approximate surface area is 198 Å². The number of nitrogens with zero attached hydrogens (tertiary/aromatic N) is 2. The zero-order valence-electron chi connectivity index (χ0n) is 18.4. The molecule has 2 aliphatic heterocycles. The molecule has 2 unspecified atom stereocenters. The van der Waals surface area contributed by atoms with Crippen LogP contribution in [0.4, 0.5) is 10.1 Å². The van der Waals surface area contributed by atoms with Gasteiger partial charge < -0.3 is 10.2 Å². The van der Waals surface area contributed by atoms with E-state index >= 15 is 0 Å². The fraction of sp³-hybridized carbons (Fsp3) is 0.348. The lowest BCUT2D eigenvalue weighted by atomic mass is 9.93. The van der Waals surface area contributed by atoms with Crippen LogP contribution in [0.3, 0.4) is 0 Å². The first-order valence-corrected chi connectivity index (χ1v) is 12.4. The number of halogens is 2. The van der Waals surface area contributed by atoms with Crippen molar-refractivity contribution >= 4 is 39.0 Å². The molecule has 0 radical (unpaired) electrons. The zero-order valence-corrected chi connectivity index (χ0v) is 20.0. The fourth-order valence-electron chi connectivity index (χ4n) is 4.11. The predicted octanol–water partition coefficient (Wildman–Crippen LogP) is 3.42. The summed E-state index contributed by atoms with van der Waals surface area (Å²) in [4.78, 5) is 15.2. The Bertz CT molecular complexity index is 1200. The molecule has 0 bridgehead atoms. The van der Waals surface area contributed by atoms with Gasteiger partial charge in [-0.3, -0.25) is 4.79 Å². The van der Waals surface area contributed by atoms with Gasteiger partial charge in [-0.25, -0.2) is 4.39 Å². The summed E-state index contributed by atoms with van der Waals surface area (Å²) in [6.45, 7) is 1.84. The maximum absolute atomic E-state index is 13.4. The van der Waals surface area contributed by atoms with Gasteiger partial charge >= 0.3 is 0 Å². The Balaban J connectivity index is 1.57. The molecule has 2 aromatic carbocycles. The summed E-state index contributed by atoms with van der Waals surface area (Å²) in [5, 5.41) is 2.52. The van der Waals surface area contributed by atoms with E-state index in [1.54, 1.807) is 0 Å². The second-order valence-electron chi connectivity index (χ2n) is 8.43. The standard InChI is InChI=1S/C23H26ClFN4O3S/c1-28-10-8-15(9-11-28)16-4-3-5-17(12-16)21-14-22(29(2)33(31,32)27-21)23(30)26-18-6-7-20(25)19(24)13-18/h3-8,12-13,21-22,27H,9-11,14H2,1-2H3,(H,26,30). The Morgan fingerprint density at radius 2 is 2.00 bits per heavy atom. The summed E-state index contributed by atoms with van der Waals surface area (Å²) in [6, 6.07) is 10.1. The highest BCUT2D eigenvalue weighted by Gasteiger charge is 2.40. The highest BCUT2D eigenvalue weighted by atomic mass is 35.5. The van der Waals surface area contributed by atoms with E-state index in [9.17, 15) is 17.6 Å². The van der Waals surface area contributed by atoms with E-state index in [1.165, 1.54) is 24.8 Å². The zero-order chi connectivity index (χ0) is 23.8. The molecule has 7 nitrogen and oxygen atoms in total. The summed E-state index contributed by atoms with van der Waals surface area (Å²) in [5.74, 6) is -1.11. The fourth-order valence-corrected chi connectivity index (χ4v) is 5.57. The molecule has 0 aromatic heterocycles. The quantitative estimate of drug-likeness (QED) is 0.685. The van der Waals surface area contributed by atoms with E-state index in [2.05, 4.69) is 28.1 Å². The van der Waals surface area contributed by atoms with Gasteiger partial charge in [0.25, 0.3) is 10.2 Å². The van der Waals surface area contributed by atoms with E-state index in [1.807, 2.05) is 24.3 Å². The first-order valence-electron chi connectivity index (χ1n) is 10.6. The van der Waals surface area contributed by atoms with Crippen molar-refractivity contribution in [3.8, 4) is 0 Å². The summed E-state index contributed by atoms with van der Waals surface area (Å²) in [5.41, 5.74) is 3.38. The van der Waals surface area contributed by atoms with Gasteiger partial charge in [0, 0.05) is 31.9 Å². The third kappa shape index (κ3) is 5.28. The van der Waals surface area contributed by atoms with Crippen molar-refractivity contribution in [2.45, 2.75) is 24.9 Å². The van der Waals surface area contributed by atoms with Crippen LogP contribution in [0, 0.1) is 5.82 Å². The number of hydrogen-bond donors (Lipinski definition) is 2. The lowest BCUT2D eigenvalue weighted by Crippen LogP contribution is -2.55. The number of carbonyl (C=O) groups excluding carboxylic acids is 1. The van der Waals surface area contributed by atoms with Gasteiger partial charge in [-0.05, 0) is 60.9 Å².